The lowest BCUT2D eigenvalue weighted by molar-refractivity contribution is -0.919. The van der Waals surface area contributed by atoms with Crippen LogP contribution in [0, 0.1) is 0 Å². The van der Waals surface area contributed by atoms with E-state index in [2.05, 4.69) is 0 Å². The zero-order valence-corrected chi connectivity index (χ0v) is 10.6. The van der Waals surface area contributed by atoms with Crippen LogP contribution in [-0.2, 0) is 6.54 Å². The van der Waals surface area contributed by atoms with Crippen molar-refractivity contribution in [2.24, 2.45) is 0 Å². The van der Waals surface area contributed by atoms with Gasteiger partial charge < -0.3 is 10.0 Å². The van der Waals surface area contributed by atoms with Gasteiger partial charge in [-0.15, -0.1) is 0 Å². The lowest BCUT2D eigenvalue weighted by Crippen LogP contribution is -3.12. The second kappa shape index (κ2) is 5.37. The molecule has 0 bridgehead atoms. The fourth-order valence-electron chi connectivity index (χ4n) is 2.14. The van der Waals surface area contributed by atoms with E-state index in [0.29, 0.717) is 0 Å². The molecule has 2 rings (SSSR count). The Kier molecular flexibility index (Phi) is 4.09. The maximum Gasteiger partial charge on any atom is 0.106 e. The van der Waals surface area contributed by atoms with E-state index < -0.39 is 0 Å². The molecule has 0 aliphatic carbocycles. The summed E-state index contributed by atoms with van der Waals surface area (Å²) in [7, 11) is 0. The molecule has 0 amide bonds. The number of benzene rings is 1. The summed E-state index contributed by atoms with van der Waals surface area (Å²) in [4.78, 5) is 1.44. The van der Waals surface area contributed by atoms with Gasteiger partial charge in [-0.25, -0.2) is 0 Å². The zero-order valence-electron chi connectivity index (χ0n) is 9.05. The first-order valence-electron chi connectivity index (χ1n) is 5.61. The van der Waals surface area contributed by atoms with E-state index in [1.807, 2.05) is 18.2 Å². The largest absolute Gasteiger partial charge is 0.393 e. The molecule has 0 spiro atoms. The first-order valence-corrected chi connectivity index (χ1v) is 6.37. The first-order chi connectivity index (χ1) is 7.66. The molecule has 2 N–H and O–H groups in total. The molecule has 0 atom stereocenters. The summed E-state index contributed by atoms with van der Waals surface area (Å²) in [5.74, 6) is 0. The van der Waals surface area contributed by atoms with Crippen LogP contribution in [0.15, 0.2) is 18.2 Å². The topological polar surface area (TPSA) is 24.7 Å². The quantitative estimate of drug-likeness (QED) is 0.829. The van der Waals surface area contributed by atoms with E-state index >= 15 is 0 Å². The molecule has 4 heteroatoms. The minimum Gasteiger partial charge on any atom is -0.393 e. The number of quaternary nitrogens is 1. The molecule has 0 saturated carbocycles. The predicted molar refractivity (Wildman–Crippen MR) is 66.1 cm³/mol. The van der Waals surface area contributed by atoms with E-state index in [0.717, 1.165) is 48.1 Å². The summed E-state index contributed by atoms with van der Waals surface area (Å²) < 4.78 is 0. The summed E-state index contributed by atoms with van der Waals surface area (Å²) in [6.07, 6.45) is 1.62. The van der Waals surface area contributed by atoms with Crippen LogP contribution in [0.2, 0.25) is 10.0 Å². The molecule has 1 aliphatic heterocycles. The number of aliphatic hydroxyl groups is 1. The van der Waals surface area contributed by atoms with Crippen LogP contribution >= 0.6 is 23.2 Å². The summed E-state index contributed by atoms with van der Waals surface area (Å²) in [6.45, 7) is 2.83. The van der Waals surface area contributed by atoms with Gasteiger partial charge in [0, 0.05) is 18.4 Å². The molecular formula is C12H16Cl2NO+. The number of hydrogen-bond acceptors (Lipinski definition) is 1. The maximum atomic E-state index is 9.44. The summed E-state index contributed by atoms with van der Waals surface area (Å²) in [6, 6.07) is 5.62. The highest BCUT2D eigenvalue weighted by molar-refractivity contribution is 6.35. The number of piperidine rings is 1. The number of hydrogen-bond donors (Lipinski definition) is 2. The van der Waals surface area contributed by atoms with Gasteiger partial charge in [-0.05, 0) is 12.1 Å². The van der Waals surface area contributed by atoms with E-state index in [-0.39, 0.29) is 6.10 Å². The van der Waals surface area contributed by atoms with Crippen LogP contribution in [0.25, 0.3) is 0 Å². The minimum atomic E-state index is -0.120. The predicted octanol–water partition coefficient (Wildman–Crippen LogP) is 1.53. The van der Waals surface area contributed by atoms with Crippen LogP contribution in [0.4, 0.5) is 0 Å². The first kappa shape index (κ1) is 12.2. The van der Waals surface area contributed by atoms with Gasteiger partial charge >= 0.3 is 0 Å². The lowest BCUT2D eigenvalue weighted by Gasteiger charge is -2.27. The Labute approximate surface area is 106 Å². The third-order valence-electron chi connectivity index (χ3n) is 3.15. The standard InChI is InChI=1S/C12H15Cl2NO/c13-11-2-1-3-12(14)10(11)8-15-6-4-9(16)5-7-15/h1-3,9,16H,4-8H2/p+1. The van der Waals surface area contributed by atoms with Gasteiger partial charge in [0.2, 0.25) is 0 Å². The normalized spacial score (nSPS) is 25.7. The minimum absolute atomic E-state index is 0.120. The summed E-state index contributed by atoms with van der Waals surface area (Å²) >= 11 is 12.3. The van der Waals surface area contributed by atoms with Crippen LogP contribution in [0.3, 0.4) is 0 Å². The molecule has 88 valence electrons. The number of aliphatic hydroxyl groups excluding tert-OH is 1. The number of rotatable bonds is 2. The van der Waals surface area contributed by atoms with Crippen LogP contribution < -0.4 is 4.90 Å². The Hall–Kier alpha value is -0.280. The number of nitrogens with one attached hydrogen (secondary N) is 1. The van der Waals surface area contributed by atoms with Crippen molar-refractivity contribution in [1.29, 1.82) is 0 Å². The third kappa shape index (κ3) is 2.89. The monoisotopic (exact) mass is 260 g/mol. The molecule has 0 aromatic heterocycles. The van der Waals surface area contributed by atoms with Crippen molar-refractivity contribution in [2.75, 3.05) is 13.1 Å². The lowest BCUT2D eigenvalue weighted by atomic mass is 10.1. The smallest absolute Gasteiger partial charge is 0.106 e. The number of halogens is 2. The highest BCUT2D eigenvalue weighted by atomic mass is 35.5. The van der Waals surface area contributed by atoms with Gasteiger partial charge in [-0.2, -0.15) is 0 Å². The average molecular weight is 261 g/mol. The summed E-state index contributed by atoms with van der Waals surface area (Å²) in [5, 5.41) is 10.9. The van der Waals surface area contributed by atoms with E-state index in [9.17, 15) is 5.11 Å². The fourth-order valence-corrected chi connectivity index (χ4v) is 2.67. The van der Waals surface area contributed by atoms with Gasteiger partial charge in [0.25, 0.3) is 0 Å². The van der Waals surface area contributed by atoms with Crippen LogP contribution in [0.1, 0.15) is 18.4 Å². The van der Waals surface area contributed by atoms with Crippen molar-refractivity contribution in [2.45, 2.75) is 25.5 Å². The SMILES string of the molecule is OC1CC[NH+](Cc2c(Cl)cccc2Cl)CC1. The molecule has 1 fully saturated rings. The Morgan fingerprint density at radius 1 is 1.19 bits per heavy atom. The molecule has 1 aliphatic rings. The van der Waals surface area contributed by atoms with E-state index in [1.165, 1.54) is 4.90 Å². The molecule has 1 aromatic carbocycles. The van der Waals surface area contributed by atoms with Gasteiger partial charge in [-0.1, -0.05) is 29.3 Å². The van der Waals surface area contributed by atoms with Crippen LogP contribution in [0.5, 0.6) is 0 Å². The Morgan fingerprint density at radius 3 is 2.31 bits per heavy atom. The van der Waals surface area contributed by atoms with Crippen molar-refractivity contribution in [1.82, 2.24) is 0 Å². The van der Waals surface area contributed by atoms with Gasteiger partial charge in [0.15, 0.2) is 0 Å². The fraction of sp³-hybridized carbons (Fsp3) is 0.500. The average Bonchev–Trinajstić information content (AvgIpc) is 2.26. The Morgan fingerprint density at radius 2 is 1.75 bits per heavy atom. The van der Waals surface area contributed by atoms with E-state index in [4.69, 9.17) is 23.2 Å². The van der Waals surface area contributed by atoms with Crippen molar-refractivity contribution >= 4 is 23.2 Å². The zero-order chi connectivity index (χ0) is 11.5. The summed E-state index contributed by atoms with van der Waals surface area (Å²) in [5.41, 5.74) is 1.03. The van der Waals surface area contributed by atoms with Crippen molar-refractivity contribution in [3.05, 3.63) is 33.8 Å². The highest BCUT2D eigenvalue weighted by Crippen LogP contribution is 2.23. The molecular weight excluding hydrogens is 245 g/mol. The number of likely N-dealkylation sites (tertiary alicyclic amines) is 1. The second-order valence-corrected chi connectivity index (χ2v) is 5.17. The molecule has 1 heterocycles. The van der Waals surface area contributed by atoms with E-state index in [1.54, 1.807) is 0 Å². The Balaban J connectivity index is 2.04. The molecule has 16 heavy (non-hydrogen) atoms. The van der Waals surface area contributed by atoms with Crippen molar-refractivity contribution < 1.29 is 10.0 Å². The van der Waals surface area contributed by atoms with Gasteiger partial charge in [0.1, 0.15) is 6.54 Å². The molecule has 1 aromatic rings. The van der Waals surface area contributed by atoms with Gasteiger partial charge in [-0.3, -0.25) is 0 Å². The molecule has 2 nitrogen and oxygen atoms in total. The van der Waals surface area contributed by atoms with Crippen molar-refractivity contribution in [3.63, 3.8) is 0 Å². The molecule has 0 unspecified atom stereocenters. The van der Waals surface area contributed by atoms with Crippen molar-refractivity contribution in [3.8, 4) is 0 Å². The van der Waals surface area contributed by atoms with Gasteiger partial charge in [0.05, 0.1) is 29.2 Å². The second-order valence-electron chi connectivity index (χ2n) is 4.36. The van der Waals surface area contributed by atoms with Crippen LogP contribution in [-0.4, -0.2) is 24.3 Å². The third-order valence-corrected chi connectivity index (χ3v) is 3.86. The maximum absolute atomic E-state index is 9.44. The highest BCUT2D eigenvalue weighted by Gasteiger charge is 2.21. The Bertz CT molecular complexity index is 342. The molecule has 0 radical (unpaired) electrons. The molecule has 1 saturated heterocycles.